The predicted molar refractivity (Wildman–Crippen MR) is 86.0 cm³/mol. The van der Waals surface area contributed by atoms with Crippen molar-refractivity contribution in [1.82, 2.24) is 0 Å². The number of fused-ring (bicyclic) bond motifs is 1. The van der Waals surface area contributed by atoms with E-state index in [4.69, 9.17) is 25.5 Å². The van der Waals surface area contributed by atoms with Crippen molar-refractivity contribution in [2.75, 3.05) is 14.2 Å². The van der Waals surface area contributed by atoms with Gasteiger partial charge in [-0.05, 0) is 42.5 Å². The average molecular weight is 317 g/mol. The number of hydrogen-bond donors (Lipinski definition) is 0. The zero-order chi connectivity index (χ0) is 15.7. The van der Waals surface area contributed by atoms with E-state index in [-0.39, 0.29) is 0 Å². The van der Waals surface area contributed by atoms with E-state index in [0.717, 1.165) is 0 Å². The van der Waals surface area contributed by atoms with Gasteiger partial charge in [0, 0.05) is 10.9 Å². The number of hydrogen-bond acceptors (Lipinski definition) is 4. The Morgan fingerprint density at radius 1 is 0.909 bits per heavy atom. The van der Waals surface area contributed by atoms with Gasteiger partial charge in [-0.1, -0.05) is 11.6 Å². The highest BCUT2D eigenvalue weighted by molar-refractivity contribution is 6.37. The van der Waals surface area contributed by atoms with Crippen LogP contribution in [0.15, 0.2) is 51.7 Å². The molecule has 3 rings (SSSR count). The molecule has 0 unspecified atom stereocenters. The molecule has 0 aliphatic rings. The van der Waals surface area contributed by atoms with Gasteiger partial charge in [-0.3, -0.25) is 0 Å². The zero-order valence-corrected chi connectivity index (χ0v) is 12.8. The zero-order valence-electron chi connectivity index (χ0n) is 12.1. The van der Waals surface area contributed by atoms with Crippen LogP contribution < -0.4 is 15.1 Å². The lowest BCUT2D eigenvalue weighted by Gasteiger charge is -2.08. The van der Waals surface area contributed by atoms with Crippen molar-refractivity contribution in [1.29, 1.82) is 0 Å². The normalized spacial score (nSPS) is 10.7. The molecular formula is C17H13ClO4. The molecule has 0 aliphatic heterocycles. The Balaban J connectivity index is 2.22. The van der Waals surface area contributed by atoms with E-state index in [1.807, 2.05) is 0 Å². The van der Waals surface area contributed by atoms with Gasteiger partial charge in [0.25, 0.3) is 0 Å². The Kier molecular flexibility index (Phi) is 3.77. The first-order chi connectivity index (χ1) is 10.6. The van der Waals surface area contributed by atoms with Crippen LogP contribution in [0.2, 0.25) is 5.02 Å². The molecule has 0 atom stereocenters. The van der Waals surface area contributed by atoms with Crippen LogP contribution in [0.1, 0.15) is 0 Å². The van der Waals surface area contributed by atoms with E-state index in [1.54, 1.807) is 49.6 Å². The van der Waals surface area contributed by atoms with Gasteiger partial charge in [0.15, 0.2) is 5.76 Å². The second kappa shape index (κ2) is 5.73. The molecule has 3 aromatic rings. The first-order valence-corrected chi connectivity index (χ1v) is 6.96. The highest BCUT2D eigenvalue weighted by Gasteiger charge is 2.14. The summed E-state index contributed by atoms with van der Waals surface area (Å²) in [6, 6.07) is 12.3. The first kappa shape index (κ1) is 14.5. The molecule has 0 bridgehead atoms. The van der Waals surface area contributed by atoms with Crippen LogP contribution in [0.4, 0.5) is 0 Å². The van der Waals surface area contributed by atoms with Gasteiger partial charge in [-0.25, -0.2) is 4.79 Å². The summed E-state index contributed by atoms with van der Waals surface area (Å²) in [6.45, 7) is 0. The maximum Gasteiger partial charge on any atom is 0.344 e. The molecule has 112 valence electrons. The van der Waals surface area contributed by atoms with E-state index < -0.39 is 5.63 Å². The minimum absolute atomic E-state index is 0.340. The smallest absolute Gasteiger partial charge is 0.344 e. The van der Waals surface area contributed by atoms with Crippen molar-refractivity contribution in [3.05, 3.63) is 57.9 Å². The van der Waals surface area contributed by atoms with Crippen LogP contribution >= 0.6 is 11.6 Å². The molecule has 4 nitrogen and oxygen atoms in total. The molecule has 1 aromatic heterocycles. The number of methoxy groups -OCH3 is 2. The van der Waals surface area contributed by atoms with E-state index in [9.17, 15) is 4.79 Å². The van der Waals surface area contributed by atoms with Gasteiger partial charge in [-0.15, -0.1) is 0 Å². The van der Waals surface area contributed by atoms with Crippen molar-refractivity contribution in [3.8, 4) is 22.8 Å². The van der Waals surface area contributed by atoms with Gasteiger partial charge in [-0.2, -0.15) is 0 Å². The van der Waals surface area contributed by atoms with Gasteiger partial charge in [0.05, 0.1) is 24.6 Å². The number of halogens is 1. The lowest BCUT2D eigenvalue weighted by molar-refractivity contribution is 0.414. The fraction of sp³-hybridized carbons (Fsp3) is 0.118. The molecule has 0 spiro atoms. The minimum atomic E-state index is -0.455. The maximum absolute atomic E-state index is 12.2. The van der Waals surface area contributed by atoms with E-state index >= 15 is 0 Å². The van der Waals surface area contributed by atoms with Crippen molar-refractivity contribution in [3.63, 3.8) is 0 Å². The number of rotatable bonds is 3. The minimum Gasteiger partial charge on any atom is -0.497 e. The molecule has 0 radical (unpaired) electrons. The lowest BCUT2D eigenvalue weighted by Crippen LogP contribution is -2.02. The summed E-state index contributed by atoms with van der Waals surface area (Å²) in [7, 11) is 3.13. The Labute approximate surface area is 131 Å². The molecule has 1 heterocycles. The van der Waals surface area contributed by atoms with Crippen LogP contribution in [0, 0.1) is 0 Å². The third-order valence-corrected chi connectivity index (χ3v) is 3.80. The van der Waals surface area contributed by atoms with Crippen LogP contribution in [-0.2, 0) is 0 Å². The molecule has 0 saturated carbocycles. The summed E-state index contributed by atoms with van der Waals surface area (Å²) >= 11 is 6.41. The van der Waals surface area contributed by atoms with E-state index in [0.29, 0.717) is 38.6 Å². The standard InChI is InChI=1S/C17H13ClO4/c1-20-11-5-3-10(4-6-11)16-15(18)13-8-7-12(21-2)9-14(13)17(19)22-16/h3-9H,1-2H3. The molecule has 5 heteroatoms. The number of ether oxygens (including phenoxy) is 2. The SMILES string of the molecule is COc1ccc(-c2oc(=O)c3cc(OC)ccc3c2Cl)cc1. The van der Waals surface area contributed by atoms with Crippen molar-refractivity contribution in [2.24, 2.45) is 0 Å². The Bertz CT molecular complexity index is 882. The monoisotopic (exact) mass is 316 g/mol. The predicted octanol–water partition coefficient (Wildman–Crippen LogP) is 4.13. The Morgan fingerprint density at radius 3 is 2.18 bits per heavy atom. The second-order valence-electron chi connectivity index (χ2n) is 4.67. The highest BCUT2D eigenvalue weighted by atomic mass is 35.5. The first-order valence-electron chi connectivity index (χ1n) is 6.59. The maximum atomic E-state index is 12.2. The lowest BCUT2D eigenvalue weighted by atomic mass is 10.1. The second-order valence-corrected chi connectivity index (χ2v) is 5.05. The van der Waals surface area contributed by atoms with Gasteiger partial charge < -0.3 is 13.9 Å². The van der Waals surface area contributed by atoms with Gasteiger partial charge >= 0.3 is 5.63 Å². The van der Waals surface area contributed by atoms with E-state index in [1.165, 1.54) is 7.11 Å². The summed E-state index contributed by atoms with van der Waals surface area (Å²) in [6.07, 6.45) is 0. The molecule has 0 fully saturated rings. The molecular weight excluding hydrogens is 304 g/mol. The molecule has 0 aliphatic carbocycles. The summed E-state index contributed by atoms with van der Waals surface area (Å²) in [5, 5.41) is 1.41. The van der Waals surface area contributed by atoms with Crippen molar-refractivity contribution < 1.29 is 13.9 Å². The van der Waals surface area contributed by atoms with Gasteiger partial charge in [0.2, 0.25) is 0 Å². The summed E-state index contributed by atoms with van der Waals surface area (Å²) in [5.74, 6) is 1.63. The van der Waals surface area contributed by atoms with Crippen LogP contribution in [0.5, 0.6) is 11.5 Å². The van der Waals surface area contributed by atoms with Crippen LogP contribution in [0.25, 0.3) is 22.1 Å². The molecule has 0 saturated heterocycles. The topological polar surface area (TPSA) is 48.7 Å². The number of benzene rings is 2. The van der Waals surface area contributed by atoms with Crippen molar-refractivity contribution >= 4 is 22.4 Å². The third kappa shape index (κ3) is 2.42. The Hall–Kier alpha value is -2.46. The van der Waals surface area contributed by atoms with Crippen LogP contribution in [-0.4, -0.2) is 14.2 Å². The Morgan fingerprint density at radius 2 is 1.55 bits per heavy atom. The van der Waals surface area contributed by atoms with Gasteiger partial charge in [0.1, 0.15) is 11.5 Å². The average Bonchev–Trinajstić information content (AvgIpc) is 2.57. The largest absolute Gasteiger partial charge is 0.497 e. The fourth-order valence-electron chi connectivity index (χ4n) is 2.25. The summed E-state index contributed by atoms with van der Waals surface area (Å²) in [5.41, 5.74) is 0.254. The highest BCUT2D eigenvalue weighted by Crippen LogP contribution is 2.34. The summed E-state index contributed by atoms with van der Waals surface area (Å²) < 4.78 is 15.6. The van der Waals surface area contributed by atoms with Crippen molar-refractivity contribution in [2.45, 2.75) is 0 Å². The molecule has 0 N–H and O–H groups in total. The molecule has 0 amide bonds. The summed E-state index contributed by atoms with van der Waals surface area (Å²) in [4.78, 5) is 12.2. The van der Waals surface area contributed by atoms with E-state index in [2.05, 4.69) is 0 Å². The van der Waals surface area contributed by atoms with Crippen LogP contribution in [0.3, 0.4) is 0 Å². The quantitative estimate of drug-likeness (QED) is 0.729. The third-order valence-electron chi connectivity index (χ3n) is 3.43. The fourth-order valence-corrected chi connectivity index (χ4v) is 2.57. The molecule has 2 aromatic carbocycles. The molecule has 22 heavy (non-hydrogen) atoms.